The molecule has 2 fully saturated rings. The Morgan fingerprint density at radius 1 is 1.06 bits per heavy atom. The van der Waals surface area contributed by atoms with Gasteiger partial charge < -0.3 is 14.8 Å². The van der Waals surface area contributed by atoms with E-state index in [0.717, 1.165) is 62.9 Å². The van der Waals surface area contributed by atoms with Crippen LogP contribution in [0.1, 0.15) is 16.9 Å². The Balaban J connectivity index is 1.39. The summed E-state index contributed by atoms with van der Waals surface area (Å²) in [5.74, 6) is 0.260. The van der Waals surface area contributed by atoms with Gasteiger partial charge in [-0.25, -0.2) is 4.68 Å². The molecule has 0 spiro atoms. The first-order chi connectivity index (χ1) is 16.7. The van der Waals surface area contributed by atoms with Crippen LogP contribution in [-0.2, 0) is 9.47 Å². The third-order valence-electron chi connectivity index (χ3n) is 6.58. The third kappa shape index (κ3) is 5.18. The highest BCUT2D eigenvalue weighted by atomic mass is 35.5. The van der Waals surface area contributed by atoms with E-state index < -0.39 is 0 Å². The Hall–Kier alpha value is -2.71. The molecule has 0 aliphatic carbocycles. The molecule has 0 bridgehead atoms. The fourth-order valence-corrected chi connectivity index (χ4v) is 4.84. The standard InChI is InChI=1S/C26H29ClN4O3/c27-21-8-6-19(7-9-21)23-16-24(31(29-23)22-4-2-1-3-5-22)26(32)28-17-25(20-10-13-34-18-20)30-11-14-33-15-12-30/h1-9,16,20,25H,10-15,17-18H2,(H,28,32)/t20-,25+/m0/s1. The summed E-state index contributed by atoms with van der Waals surface area (Å²) in [6.45, 7) is 5.28. The minimum Gasteiger partial charge on any atom is -0.381 e. The Morgan fingerprint density at radius 3 is 2.53 bits per heavy atom. The van der Waals surface area contributed by atoms with Crippen molar-refractivity contribution < 1.29 is 14.3 Å². The number of halogens is 1. The predicted octanol–water partition coefficient (Wildman–Crippen LogP) is 3.66. The lowest BCUT2D eigenvalue weighted by atomic mass is 9.97. The number of morpholine rings is 1. The van der Waals surface area contributed by atoms with Crippen molar-refractivity contribution in [1.82, 2.24) is 20.0 Å². The Kier molecular flexibility index (Phi) is 7.25. The van der Waals surface area contributed by atoms with Crippen LogP contribution in [0, 0.1) is 5.92 Å². The number of para-hydroxylation sites is 1. The number of hydrogen-bond acceptors (Lipinski definition) is 5. The molecule has 3 heterocycles. The Labute approximate surface area is 204 Å². The summed E-state index contributed by atoms with van der Waals surface area (Å²) in [4.78, 5) is 15.9. The molecule has 1 aromatic heterocycles. The smallest absolute Gasteiger partial charge is 0.270 e. The molecule has 178 valence electrons. The maximum absolute atomic E-state index is 13.5. The summed E-state index contributed by atoms with van der Waals surface area (Å²) in [6, 6.07) is 19.3. The fourth-order valence-electron chi connectivity index (χ4n) is 4.72. The average Bonchev–Trinajstić information content (AvgIpc) is 3.57. The van der Waals surface area contributed by atoms with Crippen molar-refractivity contribution in [2.75, 3.05) is 46.1 Å². The average molecular weight is 481 g/mol. The molecule has 2 aromatic carbocycles. The summed E-state index contributed by atoms with van der Waals surface area (Å²) in [5.41, 5.74) is 2.96. The van der Waals surface area contributed by atoms with E-state index in [-0.39, 0.29) is 11.9 Å². The van der Waals surface area contributed by atoms with Gasteiger partial charge in [0, 0.05) is 48.8 Å². The van der Waals surface area contributed by atoms with Gasteiger partial charge in [-0.1, -0.05) is 41.9 Å². The van der Waals surface area contributed by atoms with Gasteiger partial charge in [0.05, 0.1) is 31.2 Å². The number of benzene rings is 2. The van der Waals surface area contributed by atoms with Crippen LogP contribution in [0.4, 0.5) is 0 Å². The second-order valence-electron chi connectivity index (χ2n) is 8.72. The summed E-state index contributed by atoms with van der Waals surface area (Å²) in [6.07, 6.45) is 1.01. The molecule has 1 amide bonds. The molecule has 3 aromatic rings. The predicted molar refractivity (Wildman–Crippen MR) is 131 cm³/mol. The topological polar surface area (TPSA) is 68.6 Å². The zero-order valence-electron chi connectivity index (χ0n) is 19.0. The van der Waals surface area contributed by atoms with Crippen LogP contribution in [0.25, 0.3) is 16.9 Å². The molecule has 34 heavy (non-hydrogen) atoms. The van der Waals surface area contributed by atoms with Gasteiger partial charge in [-0.3, -0.25) is 9.69 Å². The van der Waals surface area contributed by atoms with Gasteiger partial charge in [-0.15, -0.1) is 0 Å². The van der Waals surface area contributed by atoms with Gasteiger partial charge in [0.2, 0.25) is 0 Å². The van der Waals surface area contributed by atoms with Crippen LogP contribution in [-0.4, -0.2) is 72.7 Å². The molecule has 2 saturated heterocycles. The van der Waals surface area contributed by atoms with Gasteiger partial charge in [0.1, 0.15) is 5.69 Å². The van der Waals surface area contributed by atoms with Gasteiger partial charge >= 0.3 is 0 Å². The fraction of sp³-hybridized carbons (Fsp3) is 0.385. The van der Waals surface area contributed by atoms with E-state index in [0.29, 0.717) is 23.2 Å². The second kappa shape index (κ2) is 10.7. The van der Waals surface area contributed by atoms with Crippen molar-refractivity contribution in [2.45, 2.75) is 12.5 Å². The number of rotatable bonds is 7. The molecule has 0 radical (unpaired) electrons. The maximum Gasteiger partial charge on any atom is 0.270 e. The molecular weight excluding hydrogens is 452 g/mol. The van der Waals surface area contributed by atoms with E-state index in [1.165, 1.54) is 0 Å². The quantitative estimate of drug-likeness (QED) is 0.559. The summed E-state index contributed by atoms with van der Waals surface area (Å²) in [7, 11) is 0. The second-order valence-corrected chi connectivity index (χ2v) is 9.15. The molecule has 7 nitrogen and oxygen atoms in total. The van der Waals surface area contributed by atoms with Gasteiger partial charge in [0.25, 0.3) is 5.91 Å². The lowest BCUT2D eigenvalue weighted by Gasteiger charge is -2.37. The van der Waals surface area contributed by atoms with E-state index in [4.69, 9.17) is 26.2 Å². The number of amides is 1. The third-order valence-corrected chi connectivity index (χ3v) is 6.83. The zero-order valence-corrected chi connectivity index (χ0v) is 19.8. The normalized spacial score (nSPS) is 19.7. The molecular formula is C26H29ClN4O3. The van der Waals surface area contributed by atoms with Crippen LogP contribution in [0.3, 0.4) is 0 Å². The minimum atomic E-state index is -0.145. The van der Waals surface area contributed by atoms with Crippen LogP contribution in [0.2, 0.25) is 5.02 Å². The molecule has 2 aliphatic rings. The number of carbonyl (C=O) groups excluding carboxylic acids is 1. The van der Waals surface area contributed by atoms with Crippen LogP contribution < -0.4 is 5.32 Å². The molecule has 2 aliphatic heterocycles. The van der Waals surface area contributed by atoms with Gasteiger partial charge in [0.15, 0.2) is 0 Å². The lowest BCUT2D eigenvalue weighted by Crippen LogP contribution is -2.52. The van der Waals surface area contributed by atoms with Crippen LogP contribution in [0.15, 0.2) is 60.7 Å². The van der Waals surface area contributed by atoms with Gasteiger partial charge in [-0.05, 0) is 36.8 Å². The van der Waals surface area contributed by atoms with E-state index in [1.54, 1.807) is 4.68 Å². The zero-order chi connectivity index (χ0) is 23.3. The minimum absolute atomic E-state index is 0.145. The molecule has 0 saturated carbocycles. The Bertz CT molecular complexity index is 1090. The highest BCUT2D eigenvalue weighted by Crippen LogP contribution is 2.25. The highest BCUT2D eigenvalue weighted by Gasteiger charge is 2.32. The van der Waals surface area contributed by atoms with Crippen LogP contribution in [0.5, 0.6) is 0 Å². The van der Waals surface area contributed by atoms with E-state index >= 15 is 0 Å². The molecule has 1 N–H and O–H groups in total. The van der Waals surface area contributed by atoms with Crippen molar-refractivity contribution in [3.05, 3.63) is 71.4 Å². The first-order valence-electron chi connectivity index (χ1n) is 11.8. The Morgan fingerprint density at radius 2 is 1.82 bits per heavy atom. The van der Waals surface area contributed by atoms with Crippen molar-refractivity contribution in [2.24, 2.45) is 5.92 Å². The summed E-state index contributed by atoms with van der Waals surface area (Å²) >= 11 is 6.06. The number of hydrogen-bond donors (Lipinski definition) is 1. The number of carbonyl (C=O) groups is 1. The molecule has 0 unspecified atom stereocenters. The van der Waals surface area contributed by atoms with Crippen molar-refractivity contribution in [3.8, 4) is 16.9 Å². The molecule has 8 heteroatoms. The largest absolute Gasteiger partial charge is 0.381 e. The summed E-state index contributed by atoms with van der Waals surface area (Å²) in [5, 5.41) is 8.62. The summed E-state index contributed by atoms with van der Waals surface area (Å²) < 4.78 is 12.9. The van der Waals surface area contributed by atoms with Crippen molar-refractivity contribution >= 4 is 17.5 Å². The number of ether oxygens (including phenoxy) is 2. The van der Waals surface area contributed by atoms with Crippen molar-refractivity contribution in [1.29, 1.82) is 0 Å². The van der Waals surface area contributed by atoms with E-state index in [9.17, 15) is 4.79 Å². The molecule has 2 atom stereocenters. The SMILES string of the molecule is O=C(NC[C@H]([C@H]1CCOC1)N1CCOCC1)c1cc(-c2ccc(Cl)cc2)nn1-c1ccccc1. The monoisotopic (exact) mass is 480 g/mol. The maximum atomic E-state index is 13.5. The van der Waals surface area contributed by atoms with Crippen molar-refractivity contribution in [3.63, 3.8) is 0 Å². The molecule has 5 rings (SSSR count). The van der Waals surface area contributed by atoms with E-state index in [1.807, 2.05) is 60.7 Å². The van der Waals surface area contributed by atoms with Crippen LogP contribution >= 0.6 is 11.6 Å². The highest BCUT2D eigenvalue weighted by molar-refractivity contribution is 6.30. The lowest BCUT2D eigenvalue weighted by molar-refractivity contribution is 0.00164. The number of aromatic nitrogens is 2. The number of nitrogens with zero attached hydrogens (tertiary/aromatic N) is 3. The first-order valence-corrected chi connectivity index (χ1v) is 12.2. The number of nitrogens with one attached hydrogen (secondary N) is 1. The van der Waals surface area contributed by atoms with Gasteiger partial charge in [-0.2, -0.15) is 5.10 Å². The van der Waals surface area contributed by atoms with E-state index in [2.05, 4.69) is 10.2 Å². The first kappa shape index (κ1) is 23.1.